The van der Waals surface area contributed by atoms with E-state index in [1.54, 1.807) is 18.9 Å². The van der Waals surface area contributed by atoms with E-state index in [1.807, 2.05) is 41.8 Å². The van der Waals surface area contributed by atoms with E-state index >= 15 is 0 Å². The van der Waals surface area contributed by atoms with E-state index in [9.17, 15) is 0 Å². The van der Waals surface area contributed by atoms with Crippen molar-refractivity contribution >= 4 is 28.3 Å². The lowest BCUT2D eigenvalue weighted by Crippen LogP contribution is -1.99. The molecule has 2 aromatic carbocycles. The molecule has 5 nitrogen and oxygen atoms in total. The summed E-state index contributed by atoms with van der Waals surface area (Å²) in [5.74, 6) is 2.39. The van der Waals surface area contributed by atoms with E-state index in [0.29, 0.717) is 0 Å². The molecule has 0 radical (unpaired) electrons. The molecule has 126 valence electrons. The topological polar surface area (TPSA) is 52.3 Å². The number of aromatic nitrogens is 4. The van der Waals surface area contributed by atoms with E-state index in [0.717, 1.165) is 44.6 Å². The fraction of sp³-hybridized carbons (Fsp3) is 0.211. The van der Waals surface area contributed by atoms with Gasteiger partial charge in [0.05, 0.1) is 12.6 Å². The van der Waals surface area contributed by atoms with Crippen molar-refractivity contribution in [2.45, 2.75) is 24.8 Å². The molecule has 0 atom stereocenters. The monoisotopic (exact) mass is 350 g/mol. The van der Waals surface area contributed by atoms with E-state index < -0.39 is 0 Å². The molecule has 0 fully saturated rings. The Morgan fingerprint density at radius 2 is 1.92 bits per heavy atom. The quantitative estimate of drug-likeness (QED) is 0.408. The van der Waals surface area contributed by atoms with E-state index in [2.05, 4.69) is 29.1 Å². The number of thioether (sulfide) groups is 1. The second-order valence-corrected chi connectivity index (χ2v) is 6.85. The number of benzene rings is 2. The summed E-state index contributed by atoms with van der Waals surface area (Å²) in [5, 5.41) is 6.37. The van der Waals surface area contributed by atoms with Crippen molar-refractivity contribution in [3.63, 3.8) is 0 Å². The smallest absolute Gasteiger partial charge is 0.191 e. The second kappa shape index (κ2) is 6.37. The first-order chi connectivity index (χ1) is 12.2. The van der Waals surface area contributed by atoms with Crippen molar-refractivity contribution in [3.8, 4) is 5.75 Å². The largest absolute Gasteiger partial charge is 0.496 e. The highest BCUT2D eigenvalue weighted by Gasteiger charge is 2.13. The molecule has 2 heterocycles. The summed E-state index contributed by atoms with van der Waals surface area (Å²) < 4.78 is 7.32. The van der Waals surface area contributed by atoms with Crippen LogP contribution in [0.4, 0.5) is 0 Å². The Labute approximate surface area is 150 Å². The van der Waals surface area contributed by atoms with Crippen LogP contribution in [0.5, 0.6) is 5.75 Å². The predicted octanol–water partition coefficient (Wildman–Crippen LogP) is 4.20. The average molecular weight is 350 g/mol. The first-order valence-corrected chi connectivity index (χ1v) is 9.02. The molecule has 0 unspecified atom stereocenters. The van der Waals surface area contributed by atoms with Crippen LogP contribution in [-0.2, 0) is 5.75 Å². The number of rotatable bonds is 4. The van der Waals surface area contributed by atoms with Crippen LogP contribution in [-0.4, -0.2) is 26.7 Å². The summed E-state index contributed by atoms with van der Waals surface area (Å²) >= 11 is 1.64. The molecule has 0 bridgehead atoms. The standard InChI is InChI=1S/C19H18N4OS/c1-12-8-9-17(24-3)14(10-12)11-25-19-21-16-7-5-4-6-15(16)18-20-13(2)22-23(18)19/h4-10H,11H2,1-3H3. The van der Waals surface area contributed by atoms with Gasteiger partial charge in [0.15, 0.2) is 10.8 Å². The molecular weight excluding hydrogens is 332 g/mol. The number of aryl methyl sites for hydroxylation is 2. The lowest BCUT2D eigenvalue weighted by Gasteiger charge is -2.10. The zero-order valence-corrected chi connectivity index (χ0v) is 15.2. The van der Waals surface area contributed by atoms with Crippen LogP contribution in [0, 0.1) is 13.8 Å². The summed E-state index contributed by atoms with van der Waals surface area (Å²) in [4.78, 5) is 9.37. The molecule has 6 heteroatoms. The highest BCUT2D eigenvalue weighted by atomic mass is 32.2. The van der Waals surface area contributed by atoms with Gasteiger partial charge in [-0.1, -0.05) is 41.6 Å². The molecule has 0 saturated heterocycles. The molecule has 2 aromatic heterocycles. The predicted molar refractivity (Wildman–Crippen MR) is 100 cm³/mol. The number of para-hydroxylation sites is 1. The SMILES string of the molecule is COc1ccc(C)cc1CSc1nc2ccccc2c2nc(C)nn12. The number of fused-ring (bicyclic) bond motifs is 3. The third kappa shape index (κ3) is 2.93. The normalized spacial score (nSPS) is 11.3. The molecule has 25 heavy (non-hydrogen) atoms. The highest BCUT2D eigenvalue weighted by molar-refractivity contribution is 7.98. The van der Waals surface area contributed by atoms with Crippen LogP contribution in [0.25, 0.3) is 16.6 Å². The number of hydrogen-bond acceptors (Lipinski definition) is 5. The third-order valence-corrected chi connectivity index (χ3v) is 5.03. The van der Waals surface area contributed by atoms with Crippen molar-refractivity contribution in [3.05, 3.63) is 59.4 Å². The molecule has 0 saturated carbocycles. The Morgan fingerprint density at radius 3 is 2.76 bits per heavy atom. The molecule has 0 amide bonds. The zero-order chi connectivity index (χ0) is 17.4. The van der Waals surface area contributed by atoms with Gasteiger partial charge in [-0.3, -0.25) is 0 Å². The van der Waals surface area contributed by atoms with Gasteiger partial charge in [-0.05, 0) is 32.0 Å². The van der Waals surface area contributed by atoms with Crippen LogP contribution in [0.3, 0.4) is 0 Å². The maximum Gasteiger partial charge on any atom is 0.191 e. The average Bonchev–Trinajstić information content (AvgIpc) is 3.01. The zero-order valence-electron chi connectivity index (χ0n) is 14.4. The lowest BCUT2D eigenvalue weighted by atomic mass is 10.1. The number of ether oxygens (including phenoxy) is 1. The van der Waals surface area contributed by atoms with Gasteiger partial charge in [-0.25, -0.2) is 9.97 Å². The van der Waals surface area contributed by atoms with Gasteiger partial charge in [0.25, 0.3) is 0 Å². The Balaban J connectivity index is 1.77. The first-order valence-electron chi connectivity index (χ1n) is 8.04. The Hall–Kier alpha value is -2.60. The van der Waals surface area contributed by atoms with E-state index in [1.165, 1.54) is 5.56 Å². The Kier molecular flexibility index (Phi) is 4.05. The highest BCUT2D eigenvalue weighted by Crippen LogP contribution is 2.30. The fourth-order valence-electron chi connectivity index (χ4n) is 2.89. The molecule has 0 aliphatic rings. The van der Waals surface area contributed by atoms with Gasteiger partial charge in [-0.2, -0.15) is 4.52 Å². The minimum Gasteiger partial charge on any atom is -0.496 e. The lowest BCUT2D eigenvalue weighted by molar-refractivity contribution is 0.411. The van der Waals surface area contributed by atoms with Gasteiger partial charge >= 0.3 is 0 Å². The number of methoxy groups -OCH3 is 1. The van der Waals surface area contributed by atoms with Crippen molar-refractivity contribution < 1.29 is 4.74 Å². The van der Waals surface area contributed by atoms with Crippen molar-refractivity contribution in [2.75, 3.05) is 7.11 Å². The molecule has 4 rings (SSSR count). The summed E-state index contributed by atoms with van der Waals surface area (Å²) in [6.07, 6.45) is 0. The molecular formula is C19H18N4OS. The third-order valence-electron chi connectivity index (χ3n) is 4.05. The van der Waals surface area contributed by atoms with Gasteiger partial charge in [0.1, 0.15) is 11.6 Å². The Morgan fingerprint density at radius 1 is 1.08 bits per heavy atom. The van der Waals surface area contributed by atoms with Crippen LogP contribution in [0.15, 0.2) is 47.6 Å². The van der Waals surface area contributed by atoms with Gasteiger partial charge in [0.2, 0.25) is 0 Å². The molecule has 0 aliphatic carbocycles. The van der Waals surface area contributed by atoms with Crippen LogP contribution >= 0.6 is 11.8 Å². The molecule has 0 aliphatic heterocycles. The maximum absolute atomic E-state index is 5.48. The van der Waals surface area contributed by atoms with Crippen molar-refractivity contribution in [2.24, 2.45) is 0 Å². The summed E-state index contributed by atoms with van der Waals surface area (Å²) in [6.45, 7) is 3.99. The van der Waals surface area contributed by atoms with Crippen LogP contribution in [0.2, 0.25) is 0 Å². The minimum atomic E-state index is 0.744. The molecule has 0 spiro atoms. The summed E-state index contributed by atoms with van der Waals surface area (Å²) in [6, 6.07) is 14.2. The summed E-state index contributed by atoms with van der Waals surface area (Å²) in [5.41, 5.74) is 4.14. The van der Waals surface area contributed by atoms with Gasteiger partial charge < -0.3 is 4.74 Å². The van der Waals surface area contributed by atoms with Crippen molar-refractivity contribution in [1.82, 2.24) is 19.6 Å². The van der Waals surface area contributed by atoms with Gasteiger partial charge in [0, 0.05) is 16.7 Å². The number of hydrogen-bond donors (Lipinski definition) is 0. The Bertz CT molecular complexity index is 1070. The molecule has 0 N–H and O–H groups in total. The van der Waals surface area contributed by atoms with Crippen LogP contribution < -0.4 is 4.74 Å². The fourth-order valence-corrected chi connectivity index (χ4v) is 3.81. The van der Waals surface area contributed by atoms with Crippen LogP contribution in [0.1, 0.15) is 17.0 Å². The van der Waals surface area contributed by atoms with Crippen molar-refractivity contribution in [1.29, 1.82) is 0 Å². The molecule has 4 aromatic rings. The second-order valence-electron chi connectivity index (χ2n) is 5.91. The maximum atomic E-state index is 5.48. The summed E-state index contributed by atoms with van der Waals surface area (Å²) in [7, 11) is 1.70. The minimum absolute atomic E-state index is 0.744. The first kappa shape index (κ1) is 15.9. The number of nitrogens with zero attached hydrogens (tertiary/aromatic N) is 4. The van der Waals surface area contributed by atoms with Gasteiger partial charge in [-0.15, -0.1) is 5.10 Å². The van der Waals surface area contributed by atoms with E-state index in [4.69, 9.17) is 9.72 Å². The van der Waals surface area contributed by atoms with E-state index in [-0.39, 0.29) is 0 Å².